The summed E-state index contributed by atoms with van der Waals surface area (Å²) in [5.41, 5.74) is 0.633. The van der Waals surface area contributed by atoms with Crippen LogP contribution in [0.15, 0.2) is 16.5 Å². The minimum Gasteiger partial charge on any atom is -0.494 e. The number of anilines is 1. The Labute approximate surface area is 119 Å². The van der Waals surface area contributed by atoms with Crippen LogP contribution < -0.4 is 10.1 Å². The molecular formula is C12H9Cl2N3O2. The zero-order valence-corrected chi connectivity index (χ0v) is 11.6. The van der Waals surface area contributed by atoms with E-state index in [-0.39, 0.29) is 17.5 Å². The van der Waals surface area contributed by atoms with E-state index in [1.807, 2.05) is 6.07 Å². The van der Waals surface area contributed by atoms with Gasteiger partial charge in [0, 0.05) is 12.1 Å². The van der Waals surface area contributed by atoms with Crippen molar-refractivity contribution in [3.05, 3.63) is 27.9 Å². The Morgan fingerprint density at radius 3 is 2.68 bits per heavy atom. The van der Waals surface area contributed by atoms with E-state index in [9.17, 15) is 0 Å². The Morgan fingerprint density at radius 2 is 2.16 bits per heavy atom. The Balaban J connectivity index is 2.65. The van der Waals surface area contributed by atoms with Crippen LogP contribution in [-0.2, 0) is 0 Å². The van der Waals surface area contributed by atoms with Crippen molar-refractivity contribution in [1.29, 1.82) is 5.26 Å². The molecule has 1 heterocycles. The molecule has 0 aliphatic rings. The van der Waals surface area contributed by atoms with E-state index in [0.29, 0.717) is 21.4 Å². The number of rotatable bonds is 3. The Hall–Kier alpha value is -1.90. The third-order valence-corrected chi connectivity index (χ3v) is 2.90. The summed E-state index contributed by atoms with van der Waals surface area (Å²) in [7, 11) is 3.11. The summed E-state index contributed by atoms with van der Waals surface area (Å²) in [5, 5.41) is 12.5. The van der Waals surface area contributed by atoms with Gasteiger partial charge in [0.25, 0.3) is 0 Å². The van der Waals surface area contributed by atoms with Gasteiger partial charge in [-0.1, -0.05) is 23.2 Å². The van der Waals surface area contributed by atoms with Crippen LogP contribution in [0.1, 0.15) is 5.69 Å². The molecule has 98 valence electrons. The second kappa shape index (κ2) is 5.39. The number of nitrogens with one attached hydrogen (secondary N) is 1. The van der Waals surface area contributed by atoms with Gasteiger partial charge in [-0.2, -0.15) is 10.2 Å². The molecule has 19 heavy (non-hydrogen) atoms. The van der Waals surface area contributed by atoms with Gasteiger partial charge in [-0.05, 0) is 12.1 Å². The van der Waals surface area contributed by atoms with Gasteiger partial charge in [0.1, 0.15) is 11.8 Å². The predicted octanol–water partition coefficient (Wildman–Crippen LogP) is 3.57. The fourth-order valence-electron chi connectivity index (χ4n) is 1.61. The minimum absolute atomic E-state index is 0.149. The molecule has 0 unspecified atom stereocenters. The van der Waals surface area contributed by atoms with E-state index < -0.39 is 0 Å². The molecule has 1 aromatic heterocycles. The van der Waals surface area contributed by atoms with Crippen molar-refractivity contribution >= 4 is 29.1 Å². The van der Waals surface area contributed by atoms with Crippen LogP contribution in [0.3, 0.4) is 0 Å². The summed E-state index contributed by atoms with van der Waals surface area (Å²) in [6.45, 7) is 0. The van der Waals surface area contributed by atoms with Crippen LogP contribution in [0.5, 0.6) is 5.75 Å². The second-order valence-corrected chi connectivity index (χ2v) is 4.37. The van der Waals surface area contributed by atoms with Gasteiger partial charge in [0.2, 0.25) is 17.5 Å². The first-order chi connectivity index (χ1) is 9.10. The van der Waals surface area contributed by atoms with E-state index in [0.717, 1.165) is 0 Å². The molecule has 0 amide bonds. The molecule has 0 saturated heterocycles. The smallest absolute Gasteiger partial charge is 0.233 e. The van der Waals surface area contributed by atoms with Crippen molar-refractivity contribution in [3.8, 4) is 23.3 Å². The summed E-state index contributed by atoms with van der Waals surface area (Å²) < 4.78 is 10.7. The number of nitrogens with zero attached hydrogens (tertiary/aromatic N) is 2. The first-order valence-electron chi connectivity index (χ1n) is 5.22. The molecule has 0 aliphatic heterocycles. The largest absolute Gasteiger partial charge is 0.494 e. The van der Waals surface area contributed by atoms with Gasteiger partial charge >= 0.3 is 0 Å². The summed E-state index contributed by atoms with van der Waals surface area (Å²) in [5.74, 6) is 0.872. The van der Waals surface area contributed by atoms with Crippen molar-refractivity contribution < 1.29 is 9.15 Å². The van der Waals surface area contributed by atoms with Crippen LogP contribution in [0, 0.1) is 11.3 Å². The standard InChI is InChI=1S/C12H9Cl2N3O2/c1-16-12-9(5-15)17-11(19-12)7-3-6(13)4-8(14)10(7)18-2/h3-4,16H,1-2H3. The van der Waals surface area contributed by atoms with E-state index in [4.69, 9.17) is 37.6 Å². The molecule has 0 atom stereocenters. The number of nitriles is 1. The highest BCUT2D eigenvalue weighted by Crippen LogP contribution is 2.39. The average molecular weight is 298 g/mol. The number of ether oxygens (including phenoxy) is 1. The lowest BCUT2D eigenvalue weighted by Crippen LogP contribution is -1.90. The van der Waals surface area contributed by atoms with E-state index in [1.54, 1.807) is 19.2 Å². The van der Waals surface area contributed by atoms with E-state index >= 15 is 0 Å². The van der Waals surface area contributed by atoms with Crippen molar-refractivity contribution in [1.82, 2.24) is 4.98 Å². The molecule has 0 aliphatic carbocycles. The molecule has 7 heteroatoms. The quantitative estimate of drug-likeness (QED) is 0.938. The maximum absolute atomic E-state index is 8.95. The van der Waals surface area contributed by atoms with Crippen molar-refractivity contribution in [3.63, 3.8) is 0 Å². The van der Waals surface area contributed by atoms with E-state index in [2.05, 4.69) is 10.3 Å². The molecule has 2 rings (SSSR count). The molecule has 0 saturated carbocycles. The third-order valence-electron chi connectivity index (χ3n) is 2.40. The third kappa shape index (κ3) is 2.46. The number of benzene rings is 1. The number of hydrogen-bond donors (Lipinski definition) is 1. The van der Waals surface area contributed by atoms with Crippen LogP contribution in [0.2, 0.25) is 10.0 Å². The fraction of sp³-hybridized carbons (Fsp3) is 0.167. The van der Waals surface area contributed by atoms with Gasteiger partial charge in [0.05, 0.1) is 17.7 Å². The number of aromatic nitrogens is 1. The van der Waals surface area contributed by atoms with Crippen LogP contribution in [0.4, 0.5) is 5.88 Å². The van der Waals surface area contributed by atoms with Crippen LogP contribution >= 0.6 is 23.2 Å². The predicted molar refractivity (Wildman–Crippen MR) is 72.8 cm³/mol. The van der Waals surface area contributed by atoms with Gasteiger partial charge < -0.3 is 14.5 Å². The molecule has 0 fully saturated rings. The highest BCUT2D eigenvalue weighted by Gasteiger charge is 2.19. The molecule has 1 N–H and O–H groups in total. The molecular weight excluding hydrogens is 289 g/mol. The maximum atomic E-state index is 8.95. The number of oxazole rings is 1. The molecule has 5 nitrogen and oxygen atoms in total. The lowest BCUT2D eigenvalue weighted by atomic mass is 10.2. The van der Waals surface area contributed by atoms with Gasteiger partial charge in [-0.25, -0.2) is 0 Å². The minimum atomic E-state index is 0.149. The lowest BCUT2D eigenvalue weighted by molar-refractivity contribution is 0.414. The lowest BCUT2D eigenvalue weighted by Gasteiger charge is -2.08. The zero-order valence-electron chi connectivity index (χ0n) is 10.1. The van der Waals surface area contributed by atoms with Gasteiger partial charge in [0.15, 0.2) is 0 Å². The highest BCUT2D eigenvalue weighted by molar-refractivity contribution is 6.36. The Bertz CT molecular complexity index is 662. The fourth-order valence-corrected chi connectivity index (χ4v) is 2.18. The van der Waals surface area contributed by atoms with Crippen molar-refractivity contribution in [2.75, 3.05) is 19.5 Å². The molecule has 2 aromatic rings. The summed E-state index contributed by atoms with van der Waals surface area (Å²) in [6, 6.07) is 5.09. The molecule has 1 aromatic carbocycles. The Kier molecular flexibility index (Phi) is 3.84. The SMILES string of the molecule is CNc1oc(-c2cc(Cl)cc(Cl)c2OC)nc1C#N. The van der Waals surface area contributed by atoms with Crippen LogP contribution in [-0.4, -0.2) is 19.1 Å². The average Bonchev–Trinajstić information content (AvgIpc) is 2.81. The molecule has 0 bridgehead atoms. The zero-order chi connectivity index (χ0) is 14.0. The van der Waals surface area contributed by atoms with Crippen LogP contribution in [0.25, 0.3) is 11.5 Å². The highest BCUT2D eigenvalue weighted by atomic mass is 35.5. The first-order valence-corrected chi connectivity index (χ1v) is 5.98. The normalized spacial score (nSPS) is 10.1. The van der Waals surface area contributed by atoms with E-state index in [1.165, 1.54) is 7.11 Å². The first kappa shape index (κ1) is 13.5. The molecule has 0 spiro atoms. The second-order valence-electron chi connectivity index (χ2n) is 3.53. The topological polar surface area (TPSA) is 71.1 Å². The molecule has 0 radical (unpaired) electrons. The number of methoxy groups -OCH3 is 1. The Morgan fingerprint density at radius 1 is 1.42 bits per heavy atom. The van der Waals surface area contributed by atoms with Gasteiger partial charge in [-0.3, -0.25) is 0 Å². The summed E-state index contributed by atoms with van der Waals surface area (Å²) in [4.78, 5) is 4.07. The van der Waals surface area contributed by atoms with Crippen molar-refractivity contribution in [2.45, 2.75) is 0 Å². The number of hydrogen-bond acceptors (Lipinski definition) is 5. The summed E-state index contributed by atoms with van der Waals surface area (Å²) >= 11 is 12.0. The number of halogens is 2. The van der Waals surface area contributed by atoms with Crippen molar-refractivity contribution in [2.24, 2.45) is 0 Å². The maximum Gasteiger partial charge on any atom is 0.233 e. The monoisotopic (exact) mass is 297 g/mol. The summed E-state index contributed by atoms with van der Waals surface area (Å²) in [6.07, 6.45) is 0. The van der Waals surface area contributed by atoms with Gasteiger partial charge in [-0.15, -0.1) is 0 Å².